The van der Waals surface area contributed by atoms with Crippen molar-refractivity contribution >= 4 is 17.6 Å². The molecule has 1 N–H and O–H groups in total. The van der Waals surface area contributed by atoms with Gasteiger partial charge in [0.25, 0.3) is 0 Å². The summed E-state index contributed by atoms with van der Waals surface area (Å²) in [4.78, 5) is 14.9. The summed E-state index contributed by atoms with van der Waals surface area (Å²) in [5.41, 5.74) is 2.21. The monoisotopic (exact) mass is 284 g/mol. The van der Waals surface area contributed by atoms with Crippen molar-refractivity contribution < 1.29 is 9.90 Å². The van der Waals surface area contributed by atoms with Crippen LogP contribution in [0.4, 0.5) is 0 Å². The van der Waals surface area contributed by atoms with E-state index in [4.69, 9.17) is 16.7 Å². The summed E-state index contributed by atoms with van der Waals surface area (Å²) in [6.45, 7) is 4.23. The first-order chi connectivity index (χ1) is 8.88. The fourth-order valence-corrected chi connectivity index (χ4v) is 2.05. The molecule has 0 saturated carbocycles. The Hall–Kier alpha value is -1.10. The molecule has 106 valence electrons. The van der Waals surface area contributed by atoms with Crippen molar-refractivity contribution in [2.45, 2.75) is 13.5 Å². The number of benzene rings is 1. The van der Waals surface area contributed by atoms with Gasteiger partial charge in [0.15, 0.2) is 0 Å². The molecule has 0 amide bonds. The first kappa shape index (κ1) is 16.0. The van der Waals surface area contributed by atoms with Gasteiger partial charge in [-0.15, -0.1) is 0 Å². The normalized spacial score (nSPS) is 11.3. The molecule has 1 aromatic carbocycles. The number of halogens is 1. The molecule has 1 aromatic rings. The maximum absolute atomic E-state index is 10.9. The molecule has 0 atom stereocenters. The molecule has 1 rings (SSSR count). The average Bonchev–Trinajstić information content (AvgIpc) is 2.28. The fraction of sp³-hybridized carbons (Fsp3) is 0.500. The highest BCUT2D eigenvalue weighted by molar-refractivity contribution is 6.30. The zero-order valence-corrected chi connectivity index (χ0v) is 12.4. The van der Waals surface area contributed by atoms with E-state index < -0.39 is 5.97 Å². The van der Waals surface area contributed by atoms with Crippen molar-refractivity contribution in [3.63, 3.8) is 0 Å². The van der Waals surface area contributed by atoms with Gasteiger partial charge >= 0.3 is 5.97 Å². The van der Waals surface area contributed by atoms with Gasteiger partial charge in [0.05, 0.1) is 6.54 Å². The summed E-state index contributed by atoms with van der Waals surface area (Å²) >= 11 is 5.93. The van der Waals surface area contributed by atoms with Gasteiger partial charge in [-0.1, -0.05) is 17.7 Å². The van der Waals surface area contributed by atoms with Crippen molar-refractivity contribution in [1.82, 2.24) is 9.80 Å². The first-order valence-electron chi connectivity index (χ1n) is 6.22. The number of rotatable bonds is 7. The molecule has 4 nitrogen and oxygen atoms in total. The van der Waals surface area contributed by atoms with Crippen LogP contribution in [0.5, 0.6) is 0 Å². The minimum Gasteiger partial charge on any atom is -0.480 e. The highest BCUT2D eigenvalue weighted by Crippen LogP contribution is 2.16. The standard InChI is InChI=1S/C14H21ClN2O2/c1-11-8-13(15)5-4-12(11)9-17(10-14(18)19)7-6-16(2)3/h4-5,8H,6-7,9-10H2,1-3H3,(H,18,19). The topological polar surface area (TPSA) is 43.8 Å². The predicted octanol–water partition coefficient (Wildman–Crippen LogP) is 2.10. The quantitative estimate of drug-likeness (QED) is 0.833. The molecule has 19 heavy (non-hydrogen) atoms. The van der Waals surface area contributed by atoms with Crippen LogP contribution in [0, 0.1) is 6.92 Å². The van der Waals surface area contributed by atoms with Gasteiger partial charge in [-0.25, -0.2) is 0 Å². The number of hydrogen-bond donors (Lipinski definition) is 1. The van der Waals surface area contributed by atoms with Crippen LogP contribution in [-0.2, 0) is 11.3 Å². The van der Waals surface area contributed by atoms with Crippen LogP contribution < -0.4 is 0 Å². The lowest BCUT2D eigenvalue weighted by Crippen LogP contribution is -2.35. The van der Waals surface area contributed by atoms with Crippen LogP contribution in [0.2, 0.25) is 5.02 Å². The van der Waals surface area contributed by atoms with Crippen molar-refractivity contribution in [3.8, 4) is 0 Å². The Morgan fingerprint density at radius 1 is 1.32 bits per heavy atom. The molecule has 5 heteroatoms. The van der Waals surface area contributed by atoms with Crippen molar-refractivity contribution in [2.24, 2.45) is 0 Å². The molecular formula is C14H21ClN2O2. The van der Waals surface area contributed by atoms with E-state index in [9.17, 15) is 4.79 Å². The van der Waals surface area contributed by atoms with E-state index >= 15 is 0 Å². The maximum Gasteiger partial charge on any atom is 0.317 e. The molecule has 0 spiro atoms. The van der Waals surface area contributed by atoms with Gasteiger partial charge in [-0.2, -0.15) is 0 Å². The summed E-state index contributed by atoms with van der Waals surface area (Å²) in [6, 6.07) is 5.71. The van der Waals surface area contributed by atoms with Gasteiger partial charge in [-0.05, 0) is 44.3 Å². The van der Waals surface area contributed by atoms with E-state index in [1.54, 1.807) is 0 Å². The van der Waals surface area contributed by atoms with Crippen LogP contribution in [0.25, 0.3) is 0 Å². The van der Waals surface area contributed by atoms with Gasteiger partial charge in [0.1, 0.15) is 0 Å². The number of aliphatic carboxylic acids is 1. The van der Waals surface area contributed by atoms with E-state index in [0.29, 0.717) is 11.6 Å². The SMILES string of the molecule is Cc1cc(Cl)ccc1CN(CCN(C)C)CC(=O)O. The van der Waals surface area contributed by atoms with Gasteiger partial charge in [-0.3, -0.25) is 9.69 Å². The molecule has 0 radical (unpaired) electrons. The summed E-state index contributed by atoms with van der Waals surface area (Å²) in [5, 5.41) is 9.67. The Morgan fingerprint density at radius 3 is 2.53 bits per heavy atom. The fourth-order valence-electron chi connectivity index (χ4n) is 1.82. The van der Waals surface area contributed by atoms with E-state index in [-0.39, 0.29) is 6.54 Å². The zero-order chi connectivity index (χ0) is 14.4. The van der Waals surface area contributed by atoms with Gasteiger partial charge in [0.2, 0.25) is 0 Å². The highest BCUT2D eigenvalue weighted by Gasteiger charge is 2.12. The lowest BCUT2D eigenvalue weighted by molar-refractivity contribution is -0.138. The molecule has 0 heterocycles. The second kappa shape index (κ2) is 7.48. The highest BCUT2D eigenvalue weighted by atomic mass is 35.5. The molecular weight excluding hydrogens is 264 g/mol. The van der Waals surface area contributed by atoms with E-state index in [2.05, 4.69) is 0 Å². The van der Waals surface area contributed by atoms with Crippen LogP contribution in [0.15, 0.2) is 18.2 Å². The number of aryl methyl sites for hydroxylation is 1. The van der Waals surface area contributed by atoms with Crippen molar-refractivity contribution in [3.05, 3.63) is 34.3 Å². The Morgan fingerprint density at radius 2 is 2.00 bits per heavy atom. The van der Waals surface area contributed by atoms with Gasteiger partial charge in [0, 0.05) is 24.7 Å². The van der Waals surface area contributed by atoms with E-state index in [1.807, 2.05) is 49.0 Å². The van der Waals surface area contributed by atoms with Crippen molar-refractivity contribution in [2.75, 3.05) is 33.7 Å². The smallest absolute Gasteiger partial charge is 0.317 e. The lowest BCUT2D eigenvalue weighted by atomic mass is 10.1. The van der Waals surface area contributed by atoms with Crippen LogP contribution in [0.1, 0.15) is 11.1 Å². The molecule has 0 saturated heterocycles. The Kier molecular flexibility index (Phi) is 6.28. The Bertz CT molecular complexity index is 435. The number of hydrogen-bond acceptors (Lipinski definition) is 3. The second-order valence-electron chi connectivity index (χ2n) is 4.98. The van der Waals surface area contributed by atoms with Crippen molar-refractivity contribution in [1.29, 1.82) is 0 Å². The number of likely N-dealkylation sites (N-methyl/N-ethyl adjacent to an activating group) is 1. The Labute approximate surface area is 119 Å². The third-order valence-corrected chi connectivity index (χ3v) is 3.16. The summed E-state index contributed by atoms with van der Waals surface area (Å²) in [7, 11) is 3.96. The first-order valence-corrected chi connectivity index (χ1v) is 6.60. The van der Waals surface area contributed by atoms with Gasteiger partial charge < -0.3 is 10.0 Å². The summed E-state index contributed by atoms with van der Waals surface area (Å²) in [6.07, 6.45) is 0. The molecule has 0 aliphatic rings. The average molecular weight is 285 g/mol. The largest absolute Gasteiger partial charge is 0.480 e. The lowest BCUT2D eigenvalue weighted by Gasteiger charge is -2.23. The van der Waals surface area contributed by atoms with Crippen LogP contribution >= 0.6 is 11.6 Å². The third-order valence-electron chi connectivity index (χ3n) is 2.92. The number of carboxylic acid groups (broad SMARTS) is 1. The maximum atomic E-state index is 10.9. The van der Waals surface area contributed by atoms with E-state index in [0.717, 1.165) is 24.2 Å². The molecule has 0 aromatic heterocycles. The predicted molar refractivity (Wildman–Crippen MR) is 77.7 cm³/mol. The zero-order valence-electron chi connectivity index (χ0n) is 11.7. The minimum atomic E-state index is -0.801. The Balaban J connectivity index is 2.72. The minimum absolute atomic E-state index is 0.0515. The third kappa shape index (κ3) is 6.05. The molecule has 0 aliphatic heterocycles. The van der Waals surface area contributed by atoms with Crippen LogP contribution in [0.3, 0.4) is 0 Å². The second-order valence-corrected chi connectivity index (χ2v) is 5.41. The molecule has 0 aliphatic carbocycles. The summed E-state index contributed by atoms with van der Waals surface area (Å²) in [5.74, 6) is -0.801. The number of carbonyl (C=O) groups is 1. The van der Waals surface area contributed by atoms with E-state index in [1.165, 1.54) is 0 Å². The summed E-state index contributed by atoms with van der Waals surface area (Å²) < 4.78 is 0. The molecule has 0 fully saturated rings. The molecule has 0 bridgehead atoms. The number of nitrogens with zero attached hydrogens (tertiary/aromatic N) is 2. The van der Waals surface area contributed by atoms with Crippen LogP contribution in [-0.4, -0.2) is 54.6 Å². The molecule has 0 unspecified atom stereocenters. The number of carboxylic acids is 1.